The SMILES string of the molecule is CC/C=C/C/C=C/C/C=C/CCCCCCCC(=O)OC[C@H](COP(=O)(O)OCCN)OC(=O)CCCCCCCCCCCCCCCCCCC. The van der Waals surface area contributed by atoms with Gasteiger partial charge in [-0.25, -0.2) is 4.57 Å². The zero-order chi connectivity index (χ0) is 38.9. The minimum atomic E-state index is -4.38. The fraction of sp³-hybridized carbons (Fsp3) is 0.814. The summed E-state index contributed by atoms with van der Waals surface area (Å²) in [6, 6.07) is 0. The molecule has 0 aliphatic rings. The van der Waals surface area contributed by atoms with Crippen molar-refractivity contribution in [1.29, 1.82) is 0 Å². The summed E-state index contributed by atoms with van der Waals surface area (Å²) in [4.78, 5) is 34.8. The number of esters is 2. The van der Waals surface area contributed by atoms with E-state index in [2.05, 4.69) is 50.3 Å². The van der Waals surface area contributed by atoms with Crippen LogP contribution in [0.4, 0.5) is 0 Å². The number of carbonyl (C=O) groups excluding carboxylic acids is 2. The summed E-state index contributed by atoms with van der Waals surface area (Å²) < 4.78 is 32.8. The molecule has 0 aliphatic carbocycles. The largest absolute Gasteiger partial charge is 0.472 e. The van der Waals surface area contributed by atoms with E-state index >= 15 is 0 Å². The maximum atomic E-state index is 12.6. The number of ether oxygens (including phenoxy) is 2. The second-order valence-corrected chi connectivity index (χ2v) is 15.6. The maximum absolute atomic E-state index is 12.6. The Bertz CT molecular complexity index is 970. The van der Waals surface area contributed by atoms with Crippen LogP contribution < -0.4 is 5.73 Å². The van der Waals surface area contributed by atoms with Crippen molar-refractivity contribution in [3.8, 4) is 0 Å². The maximum Gasteiger partial charge on any atom is 0.472 e. The molecular formula is C43H80NO8P. The number of rotatable bonds is 40. The van der Waals surface area contributed by atoms with Gasteiger partial charge in [-0.3, -0.25) is 18.6 Å². The first kappa shape index (κ1) is 51.2. The van der Waals surface area contributed by atoms with Crippen LogP contribution in [-0.4, -0.2) is 49.3 Å². The lowest BCUT2D eigenvalue weighted by Gasteiger charge is -2.19. The van der Waals surface area contributed by atoms with E-state index < -0.39 is 32.5 Å². The van der Waals surface area contributed by atoms with Gasteiger partial charge in [0.2, 0.25) is 0 Å². The Labute approximate surface area is 324 Å². The van der Waals surface area contributed by atoms with Crippen LogP contribution in [0, 0.1) is 0 Å². The van der Waals surface area contributed by atoms with E-state index in [0.29, 0.717) is 12.8 Å². The molecule has 0 amide bonds. The molecule has 0 bridgehead atoms. The Morgan fingerprint density at radius 1 is 0.585 bits per heavy atom. The minimum Gasteiger partial charge on any atom is -0.462 e. The number of phosphoric acid groups is 1. The van der Waals surface area contributed by atoms with Crippen molar-refractivity contribution in [2.24, 2.45) is 5.73 Å². The van der Waals surface area contributed by atoms with E-state index in [0.717, 1.165) is 64.2 Å². The van der Waals surface area contributed by atoms with Gasteiger partial charge < -0.3 is 20.1 Å². The van der Waals surface area contributed by atoms with E-state index in [4.69, 9.17) is 24.3 Å². The molecule has 0 heterocycles. The third-order valence-corrected chi connectivity index (χ3v) is 10.0. The Balaban J connectivity index is 4.16. The molecule has 0 aliphatic heterocycles. The Morgan fingerprint density at radius 2 is 1.04 bits per heavy atom. The molecule has 0 radical (unpaired) electrons. The van der Waals surface area contributed by atoms with Crippen LogP contribution in [0.5, 0.6) is 0 Å². The summed E-state index contributed by atoms with van der Waals surface area (Å²) in [6.45, 7) is 3.61. The molecule has 0 rings (SSSR count). The predicted octanol–water partition coefficient (Wildman–Crippen LogP) is 12.2. The van der Waals surface area contributed by atoms with Crippen LogP contribution in [0.2, 0.25) is 0 Å². The first-order valence-corrected chi connectivity index (χ1v) is 23.0. The summed E-state index contributed by atoms with van der Waals surface area (Å²) in [5.74, 6) is -0.843. The number of allylic oxidation sites excluding steroid dienone is 6. The third kappa shape index (κ3) is 39.7. The molecular weight excluding hydrogens is 689 g/mol. The van der Waals surface area contributed by atoms with E-state index in [1.54, 1.807) is 0 Å². The van der Waals surface area contributed by atoms with Gasteiger partial charge in [0.25, 0.3) is 0 Å². The lowest BCUT2D eigenvalue weighted by atomic mass is 10.0. The first-order chi connectivity index (χ1) is 25.8. The number of nitrogens with two attached hydrogens (primary N) is 1. The Kier molecular flexibility index (Phi) is 38.6. The number of carbonyl (C=O) groups is 2. The number of hydrogen-bond acceptors (Lipinski definition) is 8. The van der Waals surface area contributed by atoms with Crippen molar-refractivity contribution < 1.29 is 37.6 Å². The summed E-state index contributed by atoms with van der Waals surface area (Å²) >= 11 is 0. The second kappa shape index (κ2) is 39.9. The zero-order valence-corrected chi connectivity index (χ0v) is 34.9. The molecule has 0 saturated carbocycles. The lowest BCUT2D eigenvalue weighted by molar-refractivity contribution is -0.161. The van der Waals surface area contributed by atoms with Gasteiger partial charge in [0, 0.05) is 19.4 Å². The van der Waals surface area contributed by atoms with Crippen molar-refractivity contribution in [2.45, 2.75) is 200 Å². The van der Waals surface area contributed by atoms with E-state index in [1.165, 1.54) is 89.9 Å². The molecule has 53 heavy (non-hydrogen) atoms. The van der Waals surface area contributed by atoms with Crippen molar-refractivity contribution in [3.05, 3.63) is 36.5 Å². The van der Waals surface area contributed by atoms with Crippen molar-refractivity contribution in [3.63, 3.8) is 0 Å². The van der Waals surface area contributed by atoms with Crippen LogP contribution in [0.25, 0.3) is 0 Å². The quantitative estimate of drug-likeness (QED) is 0.0270. The first-order valence-electron chi connectivity index (χ1n) is 21.5. The van der Waals surface area contributed by atoms with Crippen LogP contribution in [-0.2, 0) is 32.7 Å². The zero-order valence-electron chi connectivity index (χ0n) is 34.0. The third-order valence-electron chi connectivity index (χ3n) is 9.04. The van der Waals surface area contributed by atoms with Crippen LogP contribution in [0.3, 0.4) is 0 Å². The van der Waals surface area contributed by atoms with Gasteiger partial charge in [0.1, 0.15) is 6.61 Å². The van der Waals surface area contributed by atoms with Crippen molar-refractivity contribution in [2.75, 3.05) is 26.4 Å². The fourth-order valence-electron chi connectivity index (χ4n) is 5.88. The molecule has 0 spiro atoms. The summed E-state index contributed by atoms with van der Waals surface area (Å²) in [5, 5.41) is 0. The van der Waals surface area contributed by atoms with E-state index in [1.807, 2.05) is 0 Å². The van der Waals surface area contributed by atoms with Gasteiger partial charge in [-0.1, -0.05) is 172 Å². The smallest absolute Gasteiger partial charge is 0.462 e. The van der Waals surface area contributed by atoms with Gasteiger partial charge in [-0.05, 0) is 44.9 Å². The Morgan fingerprint density at radius 3 is 1.55 bits per heavy atom. The summed E-state index contributed by atoms with van der Waals surface area (Å²) in [5.41, 5.74) is 5.34. The minimum absolute atomic E-state index is 0.0514. The second-order valence-electron chi connectivity index (χ2n) is 14.2. The van der Waals surface area contributed by atoms with Gasteiger partial charge >= 0.3 is 19.8 Å². The molecule has 0 saturated heterocycles. The monoisotopic (exact) mass is 770 g/mol. The highest BCUT2D eigenvalue weighted by atomic mass is 31.2. The van der Waals surface area contributed by atoms with Crippen LogP contribution in [0.1, 0.15) is 194 Å². The fourth-order valence-corrected chi connectivity index (χ4v) is 6.65. The molecule has 310 valence electrons. The van der Waals surface area contributed by atoms with Crippen LogP contribution >= 0.6 is 7.82 Å². The number of phosphoric ester groups is 1. The van der Waals surface area contributed by atoms with E-state index in [9.17, 15) is 19.0 Å². The van der Waals surface area contributed by atoms with Gasteiger partial charge in [0.15, 0.2) is 6.10 Å². The molecule has 10 heteroatoms. The number of hydrogen-bond donors (Lipinski definition) is 2. The standard InChI is InChI=1S/C43H80NO8P/c1-3-5-7-9-11-13-15-17-19-20-22-24-26-28-30-32-34-36-43(46)52-41(40-51-53(47,48)50-38-37-44)39-49-42(45)35-33-31-29-27-25-23-21-18-16-14-12-10-8-6-4-2/h6,8,12,14,18,21,41H,3-5,7,9-11,13,15-17,19-20,22-40,44H2,1-2H3,(H,47,48)/b8-6+,14-12+,21-18+/t41-/m1/s1. The van der Waals surface area contributed by atoms with Crippen molar-refractivity contribution >= 4 is 19.8 Å². The molecule has 9 nitrogen and oxygen atoms in total. The van der Waals surface area contributed by atoms with Crippen LogP contribution in [0.15, 0.2) is 36.5 Å². The lowest BCUT2D eigenvalue weighted by Crippen LogP contribution is -2.29. The average molecular weight is 770 g/mol. The Hall–Kier alpha value is -1.77. The highest BCUT2D eigenvalue weighted by Gasteiger charge is 2.26. The summed E-state index contributed by atoms with van der Waals surface area (Å²) in [6.07, 6.45) is 43.1. The highest BCUT2D eigenvalue weighted by molar-refractivity contribution is 7.47. The molecule has 0 aromatic heterocycles. The topological polar surface area (TPSA) is 134 Å². The molecule has 3 N–H and O–H groups in total. The average Bonchev–Trinajstić information content (AvgIpc) is 3.14. The number of unbranched alkanes of at least 4 members (excludes halogenated alkanes) is 21. The molecule has 2 atom stereocenters. The molecule has 0 aromatic rings. The van der Waals surface area contributed by atoms with Gasteiger partial charge in [-0.15, -0.1) is 0 Å². The predicted molar refractivity (Wildman–Crippen MR) is 220 cm³/mol. The van der Waals surface area contributed by atoms with Gasteiger partial charge in [0.05, 0.1) is 13.2 Å². The summed E-state index contributed by atoms with van der Waals surface area (Å²) in [7, 11) is -4.38. The van der Waals surface area contributed by atoms with E-state index in [-0.39, 0.29) is 32.6 Å². The normalized spacial score (nSPS) is 13.7. The molecule has 0 aromatic carbocycles. The highest BCUT2D eigenvalue weighted by Crippen LogP contribution is 2.43. The van der Waals surface area contributed by atoms with Gasteiger partial charge in [-0.2, -0.15) is 0 Å². The van der Waals surface area contributed by atoms with Crippen molar-refractivity contribution in [1.82, 2.24) is 0 Å². The molecule has 0 fully saturated rings. The molecule has 1 unspecified atom stereocenters.